The monoisotopic (exact) mass is 502 g/mol. The third kappa shape index (κ3) is 6.89. The van der Waals surface area contributed by atoms with Gasteiger partial charge in [-0.25, -0.2) is 4.98 Å². The van der Waals surface area contributed by atoms with Gasteiger partial charge in [-0.05, 0) is 87.4 Å². The minimum absolute atomic E-state index is 0.502. The molecule has 8 heteroatoms. The van der Waals surface area contributed by atoms with Crippen LogP contribution < -0.4 is 20.1 Å². The molecule has 0 amide bonds. The van der Waals surface area contributed by atoms with E-state index < -0.39 is 0 Å². The number of methoxy groups -OCH3 is 1. The Labute approximate surface area is 219 Å². The van der Waals surface area contributed by atoms with Gasteiger partial charge in [0.1, 0.15) is 5.82 Å². The van der Waals surface area contributed by atoms with Crippen molar-refractivity contribution in [3.05, 3.63) is 54.0 Å². The van der Waals surface area contributed by atoms with Gasteiger partial charge in [0.2, 0.25) is 5.95 Å². The highest BCUT2D eigenvalue weighted by Gasteiger charge is 2.17. The van der Waals surface area contributed by atoms with Gasteiger partial charge < -0.3 is 25.0 Å². The lowest BCUT2D eigenvalue weighted by Gasteiger charge is -2.26. The van der Waals surface area contributed by atoms with Crippen LogP contribution in [0, 0.1) is 5.92 Å². The number of hydrogen-bond acceptors (Lipinski definition) is 8. The highest BCUT2D eigenvalue weighted by molar-refractivity contribution is 5.62. The Morgan fingerprint density at radius 2 is 1.89 bits per heavy atom. The molecule has 0 spiro atoms. The summed E-state index contributed by atoms with van der Waals surface area (Å²) in [6, 6.07) is 9.86. The van der Waals surface area contributed by atoms with Crippen molar-refractivity contribution in [3.63, 3.8) is 0 Å². The molecule has 1 aliphatic carbocycles. The summed E-state index contributed by atoms with van der Waals surface area (Å²) in [6.07, 6.45) is 12.0. The molecule has 0 saturated carbocycles. The molecule has 0 radical (unpaired) electrons. The van der Waals surface area contributed by atoms with E-state index in [2.05, 4.69) is 43.5 Å². The zero-order valence-electron chi connectivity index (χ0n) is 22.0. The zero-order valence-corrected chi connectivity index (χ0v) is 22.0. The van der Waals surface area contributed by atoms with Gasteiger partial charge in [-0.2, -0.15) is 4.98 Å². The van der Waals surface area contributed by atoms with Crippen molar-refractivity contribution in [3.8, 4) is 11.5 Å². The fourth-order valence-electron chi connectivity index (χ4n) is 5.12. The van der Waals surface area contributed by atoms with Crippen LogP contribution in [0.3, 0.4) is 0 Å². The van der Waals surface area contributed by atoms with Crippen molar-refractivity contribution in [2.45, 2.75) is 51.9 Å². The fraction of sp³-hybridized carbons (Fsp3) is 0.483. The van der Waals surface area contributed by atoms with E-state index in [1.165, 1.54) is 50.0 Å². The average molecular weight is 503 g/mol. The third-order valence-electron chi connectivity index (χ3n) is 7.18. The maximum atomic E-state index is 6.03. The van der Waals surface area contributed by atoms with E-state index in [-0.39, 0.29) is 0 Å². The first-order valence-electron chi connectivity index (χ1n) is 13.5. The number of benzene rings is 1. The second-order valence-electron chi connectivity index (χ2n) is 10.2. The molecule has 2 aliphatic rings. The molecular weight excluding hydrogens is 464 g/mol. The molecule has 0 bridgehead atoms. The Balaban J connectivity index is 1.17. The highest BCUT2D eigenvalue weighted by atomic mass is 16.5. The smallest absolute Gasteiger partial charge is 0.229 e. The van der Waals surface area contributed by atoms with Crippen molar-refractivity contribution >= 4 is 23.1 Å². The first-order chi connectivity index (χ1) is 18.2. The topological polar surface area (TPSA) is 84.4 Å². The number of hydrogen-bond donors (Lipinski definition) is 2. The molecule has 3 heterocycles. The standard InChI is InChI=1S/C29H38N6O2/c1-21-7-8-22-18-24(20-31-25(22)17-21)32-28-11-12-30-29(34-28)33-23-9-10-26(27(19-23)36-2)37-16-6-15-35-13-4-3-5-14-35/h9-12,18-21H,3-8,13-17H2,1-2H3,(H2,30,32,33,34)/t21-/m1/s1. The number of ether oxygens (including phenoxy) is 2. The molecule has 37 heavy (non-hydrogen) atoms. The summed E-state index contributed by atoms with van der Waals surface area (Å²) in [5.74, 6) is 3.35. The number of nitrogens with zero attached hydrogens (tertiary/aromatic N) is 4. The van der Waals surface area contributed by atoms with Crippen LogP contribution in [0.5, 0.6) is 11.5 Å². The summed E-state index contributed by atoms with van der Waals surface area (Å²) in [4.78, 5) is 16.2. The number of aryl methyl sites for hydroxylation is 1. The quantitative estimate of drug-likeness (QED) is 0.339. The molecule has 3 aromatic rings. The molecular formula is C29H38N6O2. The van der Waals surface area contributed by atoms with Crippen LogP contribution in [-0.2, 0) is 12.8 Å². The number of likely N-dealkylation sites (tertiary alicyclic amines) is 1. The van der Waals surface area contributed by atoms with Crippen LogP contribution in [-0.4, -0.2) is 53.2 Å². The van der Waals surface area contributed by atoms with Crippen LogP contribution in [0.1, 0.15) is 50.3 Å². The van der Waals surface area contributed by atoms with Crippen LogP contribution in [0.4, 0.5) is 23.1 Å². The molecule has 1 fully saturated rings. The Kier molecular flexibility index (Phi) is 8.35. The summed E-state index contributed by atoms with van der Waals surface area (Å²) in [6.45, 7) is 6.48. The van der Waals surface area contributed by atoms with Gasteiger partial charge in [0, 0.05) is 30.2 Å². The molecule has 1 aromatic carbocycles. The number of aromatic nitrogens is 3. The first kappa shape index (κ1) is 25.3. The summed E-state index contributed by atoms with van der Waals surface area (Å²) in [5.41, 5.74) is 4.33. The van der Waals surface area contributed by atoms with E-state index in [0.29, 0.717) is 30.0 Å². The van der Waals surface area contributed by atoms with E-state index in [1.807, 2.05) is 30.5 Å². The minimum Gasteiger partial charge on any atom is -0.493 e. The Bertz CT molecular complexity index is 1180. The molecule has 8 nitrogen and oxygen atoms in total. The Morgan fingerprint density at radius 1 is 1.00 bits per heavy atom. The first-order valence-corrected chi connectivity index (χ1v) is 13.5. The van der Waals surface area contributed by atoms with Gasteiger partial charge in [0.15, 0.2) is 11.5 Å². The second-order valence-corrected chi connectivity index (χ2v) is 10.2. The number of pyridine rings is 1. The van der Waals surface area contributed by atoms with Crippen molar-refractivity contribution in [1.82, 2.24) is 19.9 Å². The summed E-state index contributed by atoms with van der Waals surface area (Å²) < 4.78 is 11.6. The predicted molar refractivity (Wildman–Crippen MR) is 147 cm³/mol. The SMILES string of the molecule is COc1cc(Nc2nccc(Nc3cnc4c(c3)CC[C@@H](C)C4)n2)ccc1OCCCN1CCCCC1. The number of fused-ring (bicyclic) bond motifs is 1. The largest absolute Gasteiger partial charge is 0.493 e. The molecule has 0 unspecified atom stereocenters. The lowest BCUT2D eigenvalue weighted by atomic mass is 9.88. The predicted octanol–water partition coefficient (Wildman–Crippen LogP) is 5.75. The van der Waals surface area contributed by atoms with Crippen LogP contribution in [0.15, 0.2) is 42.7 Å². The summed E-state index contributed by atoms with van der Waals surface area (Å²) in [7, 11) is 1.66. The normalized spacial score (nSPS) is 17.6. The molecule has 1 saturated heterocycles. The maximum Gasteiger partial charge on any atom is 0.229 e. The van der Waals surface area contributed by atoms with E-state index in [9.17, 15) is 0 Å². The van der Waals surface area contributed by atoms with Gasteiger partial charge in [-0.3, -0.25) is 4.98 Å². The lowest BCUT2D eigenvalue weighted by molar-refractivity contribution is 0.203. The fourth-order valence-corrected chi connectivity index (χ4v) is 5.12. The summed E-state index contributed by atoms with van der Waals surface area (Å²) >= 11 is 0. The number of piperidine rings is 1. The molecule has 5 rings (SSSR count). The van der Waals surface area contributed by atoms with Crippen molar-refractivity contribution < 1.29 is 9.47 Å². The van der Waals surface area contributed by atoms with Crippen LogP contribution >= 0.6 is 0 Å². The van der Waals surface area contributed by atoms with E-state index in [4.69, 9.17) is 9.47 Å². The zero-order chi connectivity index (χ0) is 25.5. The molecule has 1 aliphatic heterocycles. The van der Waals surface area contributed by atoms with E-state index in [0.717, 1.165) is 42.9 Å². The molecule has 2 aromatic heterocycles. The van der Waals surface area contributed by atoms with Gasteiger partial charge in [0.05, 0.1) is 25.6 Å². The van der Waals surface area contributed by atoms with E-state index >= 15 is 0 Å². The Hall–Kier alpha value is -3.39. The number of anilines is 4. The number of nitrogens with one attached hydrogen (secondary N) is 2. The summed E-state index contributed by atoms with van der Waals surface area (Å²) in [5, 5.41) is 6.65. The van der Waals surface area contributed by atoms with Gasteiger partial charge in [-0.1, -0.05) is 13.3 Å². The van der Waals surface area contributed by atoms with Gasteiger partial charge in [-0.15, -0.1) is 0 Å². The highest BCUT2D eigenvalue weighted by Crippen LogP contribution is 2.32. The third-order valence-corrected chi connectivity index (χ3v) is 7.18. The minimum atomic E-state index is 0.502. The van der Waals surface area contributed by atoms with Gasteiger partial charge >= 0.3 is 0 Å². The average Bonchev–Trinajstić information content (AvgIpc) is 2.92. The van der Waals surface area contributed by atoms with Gasteiger partial charge in [0.25, 0.3) is 0 Å². The van der Waals surface area contributed by atoms with Crippen LogP contribution in [0.25, 0.3) is 0 Å². The van der Waals surface area contributed by atoms with E-state index in [1.54, 1.807) is 13.3 Å². The number of rotatable bonds is 10. The molecule has 2 N–H and O–H groups in total. The molecule has 1 atom stereocenters. The Morgan fingerprint density at radius 3 is 2.76 bits per heavy atom. The molecule has 196 valence electrons. The van der Waals surface area contributed by atoms with Crippen molar-refractivity contribution in [2.75, 3.05) is 44.0 Å². The lowest BCUT2D eigenvalue weighted by Crippen LogP contribution is -2.31. The second kappa shape index (κ2) is 12.2. The van der Waals surface area contributed by atoms with Crippen molar-refractivity contribution in [2.24, 2.45) is 5.92 Å². The maximum absolute atomic E-state index is 6.03. The van der Waals surface area contributed by atoms with Crippen LogP contribution in [0.2, 0.25) is 0 Å². The van der Waals surface area contributed by atoms with Crippen molar-refractivity contribution in [1.29, 1.82) is 0 Å².